The van der Waals surface area contributed by atoms with E-state index < -0.39 is 36.2 Å². The van der Waals surface area contributed by atoms with Crippen LogP contribution in [0.3, 0.4) is 0 Å². The van der Waals surface area contributed by atoms with Gasteiger partial charge in [0.25, 0.3) is 0 Å². The molecule has 0 aliphatic rings. The van der Waals surface area contributed by atoms with Crippen molar-refractivity contribution in [1.82, 2.24) is 0 Å². The zero-order valence-corrected chi connectivity index (χ0v) is 9.04. The Balaban J connectivity index is 3.80. The van der Waals surface area contributed by atoms with Crippen LogP contribution in [0.25, 0.3) is 0 Å². The minimum atomic E-state index is -4.76. The molecule has 0 fully saturated rings. The summed E-state index contributed by atoms with van der Waals surface area (Å²) in [4.78, 5) is 0. The molecule has 0 heterocycles. The van der Waals surface area contributed by atoms with Crippen molar-refractivity contribution >= 4 is 21.6 Å². The smallest absolute Gasteiger partial charge is 0.234 e. The van der Waals surface area contributed by atoms with Crippen molar-refractivity contribution in [2.24, 2.45) is 0 Å². The van der Waals surface area contributed by atoms with Gasteiger partial charge in [-0.05, 0) is 0 Å². The van der Waals surface area contributed by atoms with E-state index in [9.17, 15) is 35.1 Å². The predicted octanol–water partition coefficient (Wildman–Crippen LogP) is 4.86. The largest absolute Gasteiger partial charge is 0.392 e. The highest BCUT2D eigenvalue weighted by molar-refractivity contribution is 8.77. The number of hydrogen-bond acceptors (Lipinski definition) is 2. The Morgan fingerprint density at radius 1 is 0.688 bits per heavy atom. The van der Waals surface area contributed by atoms with Crippen LogP contribution < -0.4 is 0 Å². The molecule has 98 valence electrons. The lowest BCUT2D eigenvalue weighted by molar-refractivity contribution is -0.140. The van der Waals surface area contributed by atoms with Gasteiger partial charge < -0.3 is 0 Å². The first-order valence-corrected chi connectivity index (χ1v) is 6.01. The van der Waals surface area contributed by atoms with Crippen molar-refractivity contribution < 1.29 is 35.1 Å². The maximum atomic E-state index is 12.5. The van der Waals surface area contributed by atoms with Crippen LogP contribution >= 0.6 is 21.6 Å². The highest BCUT2D eigenvalue weighted by Gasteiger charge is 2.35. The van der Waals surface area contributed by atoms with Gasteiger partial charge in [-0.15, -0.1) is 0 Å². The molecular weight excluding hydrogens is 288 g/mol. The molecule has 2 atom stereocenters. The normalized spacial score (nSPS) is 17.2. The highest BCUT2D eigenvalue weighted by Crippen LogP contribution is 2.40. The van der Waals surface area contributed by atoms with Crippen LogP contribution in [0.2, 0.25) is 0 Å². The molecule has 0 aliphatic carbocycles. The molecule has 0 rings (SSSR count). The zero-order valence-electron chi connectivity index (χ0n) is 7.41. The molecule has 0 radical (unpaired) electrons. The maximum absolute atomic E-state index is 12.5. The van der Waals surface area contributed by atoms with Gasteiger partial charge in [0.2, 0.25) is 0 Å². The van der Waals surface area contributed by atoms with Gasteiger partial charge in [-0.2, -0.15) is 26.3 Å². The summed E-state index contributed by atoms with van der Waals surface area (Å²) < 4.78 is 94.3. The molecule has 16 heavy (non-hydrogen) atoms. The number of hydrogen-bond donors (Lipinski definition) is 0. The van der Waals surface area contributed by atoms with E-state index >= 15 is 0 Å². The second-order valence-electron chi connectivity index (χ2n) is 2.65. The van der Waals surface area contributed by atoms with E-state index in [0.717, 1.165) is 0 Å². The van der Waals surface area contributed by atoms with Crippen LogP contribution in [-0.2, 0) is 0 Å². The Morgan fingerprint density at radius 2 is 0.938 bits per heavy atom. The molecule has 0 N–H and O–H groups in total. The van der Waals surface area contributed by atoms with Gasteiger partial charge in [-0.3, -0.25) is 0 Å². The van der Waals surface area contributed by atoms with E-state index in [1.165, 1.54) is 0 Å². The average molecular weight is 294 g/mol. The summed E-state index contributed by atoms with van der Waals surface area (Å²) >= 11 is 0. The van der Waals surface area contributed by atoms with Gasteiger partial charge in [0.15, 0.2) is 11.0 Å². The molecule has 10 heteroatoms. The van der Waals surface area contributed by atoms with Gasteiger partial charge in [0.1, 0.15) is 0 Å². The van der Waals surface area contributed by atoms with E-state index in [0.29, 0.717) is 0 Å². The highest BCUT2D eigenvalue weighted by atomic mass is 33.1. The predicted molar refractivity (Wildman–Crippen MR) is 46.3 cm³/mol. The molecule has 0 aromatic carbocycles. The maximum Gasteiger partial charge on any atom is 0.392 e. The third kappa shape index (κ3) is 10.7. The standard InChI is InChI=1S/C6H6F8S2/c7-3(1-5(9,10)11)15-16-4(8)2-6(12,13)14/h3-4H,1-2H2. The summed E-state index contributed by atoms with van der Waals surface area (Å²) in [6.45, 7) is 0. The van der Waals surface area contributed by atoms with Crippen molar-refractivity contribution in [3.05, 3.63) is 0 Å². The topological polar surface area (TPSA) is 0 Å². The molecule has 0 nitrogen and oxygen atoms in total. The summed E-state index contributed by atoms with van der Waals surface area (Å²) in [5.74, 6) is 0. The summed E-state index contributed by atoms with van der Waals surface area (Å²) in [6, 6.07) is 0. The Labute approximate surface area is 93.5 Å². The van der Waals surface area contributed by atoms with E-state index in [1.54, 1.807) is 0 Å². The molecular formula is C6H6F8S2. The molecule has 0 aliphatic heterocycles. The third-order valence-corrected chi connectivity index (χ3v) is 3.50. The molecule has 0 saturated carbocycles. The second kappa shape index (κ2) is 6.18. The Kier molecular flexibility index (Phi) is 6.23. The van der Waals surface area contributed by atoms with E-state index in [4.69, 9.17) is 0 Å². The lowest BCUT2D eigenvalue weighted by Gasteiger charge is -2.13. The van der Waals surface area contributed by atoms with Gasteiger partial charge in [0, 0.05) is 0 Å². The summed E-state index contributed by atoms with van der Waals surface area (Å²) in [5.41, 5.74) is -4.95. The van der Waals surface area contributed by atoms with Crippen LogP contribution in [0, 0.1) is 0 Å². The Hall–Kier alpha value is 0.140. The fourth-order valence-corrected chi connectivity index (χ4v) is 2.44. The zero-order chi connectivity index (χ0) is 13.0. The van der Waals surface area contributed by atoms with Crippen LogP contribution in [0.15, 0.2) is 0 Å². The molecule has 0 saturated heterocycles. The fraction of sp³-hybridized carbons (Fsp3) is 1.00. The molecule has 0 bridgehead atoms. The molecule has 0 aromatic heterocycles. The summed E-state index contributed by atoms with van der Waals surface area (Å²) in [5, 5.41) is 0. The minimum absolute atomic E-state index is 0.193. The lowest BCUT2D eigenvalue weighted by Crippen LogP contribution is -2.15. The molecule has 0 spiro atoms. The van der Waals surface area contributed by atoms with Gasteiger partial charge in [-0.25, -0.2) is 8.78 Å². The first-order chi connectivity index (χ1) is 6.99. The van der Waals surface area contributed by atoms with Gasteiger partial charge >= 0.3 is 12.4 Å². The first kappa shape index (κ1) is 16.1. The van der Waals surface area contributed by atoms with Gasteiger partial charge in [0.05, 0.1) is 12.8 Å². The van der Waals surface area contributed by atoms with Gasteiger partial charge in [-0.1, -0.05) is 21.6 Å². The first-order valence-electron chi connectivity index (χ1n) is 3.73. The van der Waals surface area contributed by atoms with Crippen molar-refractivity contribution in [2.75, 3.05) is 0 Å². The van der Waals surface area contributed by atoms with E-state index in [2.05, 4.69) is 0 Å². The molecule has 2 unspecified atom stereocenters. The van der Waals surface area contributed by atoms with E-state index in [-0.39, 0.29) is 21.6 Å². The number of alkyl halides is 8. The summed E-state index contributed by atoms with van der Waals surface area (Å²) in [7, 11) is -0.386. The summed E-state index contributed by atoms with van der Waals surface area (Å²) in [6.07, 6.45) is -13.2. The number of halogens is 8. The van der Waals surface area contributed by atoms with Crippen molar-refractivity contribution in [3.63, 3.8) is 0 Å². The van der Waals surface area contributed by atoms with Crippen LogP contribution in [0.1, 0.15) is 12.8 Å². The van der Waals surface area contributed by atoms with Crippen molar-refractivity contribution in [2.45, 2.75) is 36.2 Å². The van der Waals surface area contributed by atoms with Crippen LogP contribution in [0.4, 0.5) is 35.1 Å². The molecule has 0 aromatic rings. The minimum Gasteiger partial charge on any atom is -0.234 e. The quantitative estimate of drug-likeness (QED) is 0.524. The average Bonchev–Trinajstić information content (AvgIpc) is 1.94. The monoisotopic (exact) mass is 294 g/mol. The van der Waals surface area contributed by atoms with Crippen molar-refractivity contribution in [3.8, 4) is 0 Å². The Morgan fingerprint density at radius 3 is 1.12 bits per heavy atom. The SMILES string of the molecule is FC(CC(F)(F)F)SSC(F)CC(F)(F)F. The molecule has 0 amide bonds. The Bertz CT molecular complexity index is 178. The lowest BCUT2D eigenvalue weighted by atomic mass is 10.5. The van der Waals surface area contributed by atoms with E-state index in [1.807, 2.05) is 0 Å². The number of rotatable bonds is 5. The fourth-order valence-electron chi connectivity index (χ4n) is 0.553. The van der Waals surface area contributed by atoms with Crippen molar-refractivity contribution in [1.29, 1.82) is 0 Å². The van der Waals surface area contributed by atoms with Crippen LogP contribution in [-0.4, -0.2) is 23.4 Å². The van der Waals surface area contributed by atoms with Crippen LogP contribution in [0.5, 0.6) is 0 Å². The second-order valence-corrected chi connectivity index (χ2v) is 5.21. The third-order valence-electron chi connectivity index (χ3n) is 1.05.